The molecule has 0 saturated carbocycles. The van der Waals surface area contributed by atoms with E-state index < -0.39 is 0 Å². The molecule has 2 aliphatic heterocycles. The number of piperidine rings is 1. The molecule has 0 aromatic heterocycles. The van der Waals surface area contributed by atoms with Gasteiger partial charge in [-0.2, -0.15) is 0 Å². The Morgan fingerprint density at radius 1 is 1.18 bits per heavy atom. The van der Waals surface area contributed by atoms with E-state index in [9.17, 15) is 0 Å². The third kappa shape index (κ3) is 3.13. The third-order valence-corrected chi connectivity index (χ3v) is 4.47. The van der Waals surface area contributed by atoms with E-state index in [4.69, 9.17) is 15.2 Å². The molecule has 2 heterocycles. The van der Waals surface area contributed by atoms with Gasteiger partial charge in [-0.05, 0) is 37.0 Å². The van der Waals surface area contributed by atoms with E-state index in [1.165, 1.54) is 24.8 Å². The molecule has 5 nitrogen and oxygen atoms in total. The van der Waals surface area contributed by atoms with Gasteiger partial charge in [-0.1, -0.05) is 19.9 Å². The molecule has 3 rings (SSSR count). The van der Waals surface area contributed by atoms with Gasteiger partial charge < -0.3 is 20.1 Å². The van der Waals surface area contributed by atoms with Gasteiger partial charge in [-0.25, -0.2) is 0 Å². The fraction of sp³-hybridized carbons (Fsp3) is 0.588. The fourth-order valence-electron chi connectivity index (χ4n) is 2.91. The molecule has 0 aliphatic carbocycles. The van der Waals surface area contributed by atoms with E-state index >= 15 is 0 Å². The molecule has 1 fully saturated rings. The second kappa shape index (κ2) is 6.07. The quantitative estimate of drug-likeness (QED) is 0.688. The lowest BCUT2D eigenvalue weighted by atomic mass is 9.84. The van der Waals surface area contributed by atoms with Crippen molar-refractivity contribution in [1.82, 2.24) is 4.90 Å². The van der Waals surface area contributed by atoms with Crippen molar-refractivity contribution in [3.8, 4) is 11.5 Å². The Balaban J connectivity index is 1.70. The van der Waals surface area contributed by atoms with Gasteiger partial charge in [0.05, 0.1) is 6.54 Å². The third-order valence-electron chi connectivity index (χ3n) is 4.47. The van der Waals surface area contributed by atoms with Crippen LogP contribution in [0.2, 0.25) is 0 Å². The molecule has 120 valence electrons. The topological polar surface area (TPSA) is 60.1 Å². The Morgan fingerprint density at radius 3 is 2.68 bits per heavy atom. The lowest BCUT2D eigenvalue weighted by molar-refractivity contribution is 0.174. The maximum absolute atomic E-state index is 6.16. The lowest BCUT2D eigenvalue weighted by Crippen LogP contribution is -2.41. The van der Waals surface area contributed by atoms with E-state index in [1.807, 2.05) is 6.07 Å². The lowest BCUT2D eigenvalue weighted by Gasteiger charge is -2.29. The first-order valence-electron chi connectivity index (χ1n) is 8.01. The molecular weight excluding hydrogens is 278 g/mol. The van der Waals surface area contributed by atoms with Crippen LogP contribution in [-0.4, -0.2) is 37.3 Å². The van der Waals surface area contributed by atoms with Crippen molar-refractivity contribution in [3.63, 3.8) is 0 Å². The first kappa shape index (κ1) is 15.0. The van der Waals surface area contributed by atoms with Crippen LogP contribution < -0.4 is 15.2 Å². The second-order valence-corrected chi connectivity index (χ2v) is 6.67. The molecule has 0 radical (unpaired) electrons. The van der Waals surface area contributed by atoms with Crippen molar-refractivity contribution >= 4 is 5.96 Å². The summed E-state index contributed by atoms with van der Waals surface area (Å²) in [5.41, 5.74) is 7.25. The van der Waals surface area contributed by atoms with E-state index in [0.29, 0.717) is 19.3 Å². The second-order valence-electron chi connectivity index (χ2n) is 6.67. The van der Waals surface area contributed by atoms with E-state index in [1.54, 1.807) is 0 Å². The Labute approximate surface area is 132 Å². The molecule has 2 aliphatic rings. The number of nitrogens with two attached hydrogens (primary N) is 1. The fourth-order valence-corrected chi connectivity index (χ4v) is 2.91. The van der Waals surface area contributed by atoms with Crippen molar-refractivity contribution in [1.29, 1.82) is 0 Å². The Hall–Kier alpha value is -1.91. The summed E-state index contributed by atoms with van der Waals surface area (Å²) in [5.74, 6) is 2.31. The summed E-state index contributed by atoms with van der Waals surface area (Å²) in [5, 5.41) is 0. The van der Waals surface area contributed by atoms with Crippen LogP contribution in [0.15, 0.2) is 23.2 Å². The first-order valence-corrected chi connectivity index (χ1v) is 8.01. The largest absolute Gasteiger partial charge is 0.454 e. The first-order chi connectivity index (χ1) is 10.6. The molecule has 0 atom stereocenters. The standard InChI is InChI=1S/C17H25N3O2/c1-17(2,11-19-16(18)20-8-4-3-5-9-20)13-6-7-14-15(10-13)22-12-21-14/h6-7,10H,3-5,8-9,11-12H2,1-2H3,(H2,18,19). The predicted molar refractivity (Wildman–Crippen MR) is 87.5 cm³/mol. The number of guanidine groups is 1. The van der Waals surface area contributed by atoms with Gasteiger partial charge in [0.1, 0.15) is 0 Å². The van der Waals surface area contributed by atoms with E-state index in [0.717, 1.165) is 24.6 Å². The normalized spacial score (nSPS) is 18.6. The minimum atomic E-state index is -0.0958. The maximum atomic E-state index is 6.16. The molecule has 0 spiro atoms. The van der Waals surface area contributed by atoms with Crippen LogP contribution in [0.25, 0.3) is 0 Å². The monoisotopic (exact) mass is 303 g/mol. The molecular formula is C17H25N3O2. The number of benzene rings is 1. The molecule has 0 unspecified atom stereocenters. The van der Waals surface area contributed by atoms with Gasteiger partial charge in [0, 0.05) is 18.5 Å². The smallest absolute Gasteiger partial charge is 0.231 e. The van der Waals surface area contributed by atoms with Crippen LogP contribution in [0.1, 0.15) is 38.7 Å². The van der Waals surface area contributed by atoms with Gasteiger partial charge in [0.15, 0.2) is 17.5 Å². The number of hydrogen-bond acceptors (Lipinski definition) is 3. The maximum Gasteiger partial charge on any atom is 0.231 e. The summed E-state index contributed by atoms with van der Waals surface area (Å²) in [7, 11) is 0. The molecule has 1 aromatic carbocycles. The van der Waals surface area contributed by atoms with Crippen molar-refractivity contribution in [2.24, 2.45) is 10.7 Å². The average Bonchev–Trinajstić information content (AvgIpc) is 3.01. The zero-order valence-corrected chi connectivity index (χ0v) is 13.5. The summed E-state index contributed by atoms with van der Waals surface area (Å²) in [6.07, 6.45) is 3.72. The molecule has 1 saturated heterocycles. The minimum Gasteiger partial charge on any atom is -0.454 e. The Morgan fingerprint density at radius 2 is 1.91 bits per heavy atom. The highest BCUT2D eigenvalue weighted by Crippen LogP contribution is 2.36. The SMILES string of the molecule is CC(C)(CN=C(N)N1CCCCC1)c1ccc2c(c1)OCO2. The Bertz CT molecular complexity index is 563. The van der Waals surface area contributed by atoms with Gasteiger partial charge >= 0.3 is 0 Å². The highest BCUT2D eigenvalue weighted by atomic mass is 16.7. The minimum absolute atomic E-state index is 0.0958. The van der Waals surface area contributed by atoms with Crippen LogP contribution >= 0.6 is 0 Å². The van der Waals surface area contributed by atoms with Gasteiger partial charge in [0.2, 0.25) is 6.79 Å². The number of hydrogen-bond donors (Lipinski definition) is 1. The number of nitrogens with zero attached hydrogens (tertiary/aromatic N) is 2. The number of aliphatic imine (C=N–C) groups is 1. The number of ether oxygens (including phenoxy) is 2. The van der Waals surface area contributed by atoms with Crippen LogP contribution in [0.4, 0.5) is 0 Å². The van der Waals surface area contributed by atoms with Crippen molar-refractivity contribution in [3.05, 3.63) is 23.8 Å². The summed E-state index contributed by atoms with van der Waals surface area (Å²) in [4.78, 5) is 6.83. The van der Waals surface area contributed by atoms with Crippen LogP contribution in [0, 0.1) is 0 Å². The molecule has 5 heteroatoms. The zero-order chi connectivity index (χ0) is 15.6. The van der Waals surface area contributed by atoms with Crippen LogP contribution in [-0.2, 0) is 5.41 Å². The molecule has 0 amide bonds. The van der Waals surface area contributed by atoms with Crippen molar-refractivity contribution in [2.45, 2.75) is 38.5 Å². The van der Waals surface area contributed by atoms with Crippen LogP contribution in [0.5, 0.6) is 11.5 Å². The Kier molecular flexibility index (Phi) is 4.14. The van der Waals surface area contributed by atoms with Crippen LogP contribution in [0.3, 0.4) is 0 Å². The number of rotatable bonds is 3. The molecule has 22 heavy (non-hydrogen) atoms. The van der Waals surface area contributed by atoms with Crippen molar-refractivity contribution in [2.75, 3.05) is 26.4 Å². The van der Waals surface area contributed by atoms with Gasteiger partial charge in [0.25, 0.3) is 0 Å². The van der Waals surface area contributed by atoms with Gasteiger partial charge in [-0.15, -0.1) is 0 Å². The summed E-state index contributed by atoms with van der Waals surface area (Å²) in [6, 6.07) is 6.10. The molecule has 1 aromatic rings. The predicted octanol–water partition coefficient (Wildman–Crippen LogP) is 2.49. The van der Waals surface area contributed by atoms with E-state index in [-0.39, 0.29) is 5.41 Å². The number of fused-ring (bicyclic) bond motifs is 1. The highest BCUT2D eigenvalue weighted by Gasteiger charge is 2.24. The van der Waals surface area contributed by atoms with Crippen molar-refractivity contribution < 1.29 is 9.47 Å². The summed E-state index contributed by atoms with van der Waals surface area (Å²) < 4.78 is 10.8. The number of likely N-dealkylation sites (tertiary alicyclic amines) is 1. The summed E-state index contributed by atoms with van der Waals surface area (Å²) in [6.45, 7) is 7.38. The molecule has 0 bridgehead atoms. The van der Waals surface area contributed by atoms with E-state index in [2.05, 4.69) is 35.9 Å². The average molecular weight is 303 g/mol. The van der Waals surface area contributed by atoms with Gasteiger partial charge in [-0.3, -0.25) is 4.99 Å². The molecule has 2 N–H and O–H groups in total. The zero-order valence-electron chi connectivity index (χ0n) is 13.5. The highest BCUT2D eigenvalue weighted by molar-refractivity contribution is 5.78. The summed E-state index contributed by atoms with van der Waals surface area (Å²) >= 11 is 0.